The third-order valence-corrected chi connectivity index (χ3v) is 3.72. The number of carbonyl (C=O) groups is 1. The number of methoxy groups -OCH3 is 1. The number of hydrogen-bond donors (Lipinski definition) is 1. The van der Waals surface area contributed by atoms with Crippen LogP contribution in [0, 0.1) is 0 Å². The molecule has 1 heterocycles. The fraction of sp³-hybridized carbons (Fsp3) is 0.235. The molecule has 1 atom stereocenters. The first kappa shape index (κ1) is 14.4. The number of aromatic carboxylic acids is 1. The number of benzene rings is 2. The minimum absolute atomic E-state index is 0.171. The third-order valence-electron chi connectivity index (χ3n) is 3.72. The predicted molar refractivity (Wildman–Crippen MR) is 82.3 cm³/mol. The van der Waals surface area contributed by atoms with Crippen LogP contribution in [0.25, 0.3) is 0 Å². The number of para-hydroxylation sites is 1. The van der Waals surface area contributed by atoms with Crippen LogP contribution in [-0.4, -0.2) is 31.0 Å². The highest BCUT2D eigenvalue weighted by molar-refractivity contribution is 5.93. The summed E-state index contributed by atoms with van der Waals surface area (Å²) in [7, 11) is 1.62. The molecule has 0 amide bonds. The molecule has 1 aliphatic rings. The van der Waals surface area contributed by atoms with Crippen molar-refractivity contribution in [2.75, 3.05) is 18.6 Å². The van der Waals surface area contributed by atoms with Crippen molar-refractivity contribution in [2.24, 2.45) is 0 Å². The Labute approximate surface area is 128 Å². The number of carboxylic acids is 1. The van der Waals surface area contributed by atoms with Gasteiger partial charge in [-0.25, -0.2) is 4.79 Å². The Morgan fingerprint density at radius 3 is 2.73 bits per heavy atom. The normalized spacial score (nSPS) is 16.8. The quantitative estimate of drug-likeness (QED) is 0.940. The molecule has 0 saturated carbocycles. The maximum absolute atomic E-state index is 11.4. The van der Waals surface area contributed by atoms with Crippen molar-refractivity contribution < 1.29 is 19.4 Å². The van der Waals surface area contributed by atoms with Crippen LogP contribution in [0.3, 0.4) is 0 Å². The summed E-state index contributed by atoms with van der Waals surface area (Å²) < 4.78 is 11.1. The van der Waals surface area contributed by atoms with Gasteiger partial charge in [0.1, 0.15) is 12.2 Å². The van der Waals surface area contributed by atoms with Crippen LogP contribution in [-0.2, 0) is 11.3 Å². The lowest BCUT2D eigenvalue weighted by molar-refractivity contribution is 0.0428. The van der Waals surface area contributed by atoms with E-state index < -0.39 is 5.97 Å². The lowest BCUT2D eigenvalue weighted by Crippen LogP contribution is -2.44. The molecule has 0 saturated heterocycles. The summed E-state index contributed by atoms with van der Waals surface area (Å²) in [4.78, 5) is 13.4. The molecule has 0 aliphatic carbocycles. The van der Waals surface area contributed by atoms with Gasteiger partial charge >= 0.3 is 5.97 Å². The molecule has 0 radical (unpaired) electrons. The number of carboxylic acid groups (broad SMARTS) is 1. The largest absolute Gasteiger partial charge is 0.486 e. The first-order chi connectivity index (χ1) is 10.7. The first-order valence-electron chi connectivity index (χ1n) is 7.03. The third kappa shape index (κ3) is 2.63. The van der Waals surface area contributed by atoms with Crippen LogP contribution in [0.1, 0.15) is 15.9 Å². The van der Waals surface area contributed by atoms with Crippen molar-refractivity contribution in [2.45, 2.75) is 12.8 Å². The molecular formula is C17H17NO4. The van der Waals surface area contributed by atoms with E-state index in [4.69, 9.17) is 9.47 Å². The lowest BCUT2D eigenvalue weighted by Gasteiger charge is -2.38. The number of hydrogen-bond acceptors (Lipinski definition) is 4. The highest BCUT2D eigenvalue weighted by Gasteiger charge is 2.30. The molecule has 1 unspecified atom stereocenters. The second kappa shape index (κ2) is 6.07. The van der Waals surface area contributed by atoms with Gasteiger partial charge in [-0.15, -0.1) is 0 Å². The van der Waals surface area contributed by atoms with E-state index in [9.17, 15) is 9.90 Å². The number of ether oxygens (including phenoxy) is 2. The summed E-state index contributed by atoms with van der Waals surface area (Å²) in [6, 6.07) is 15.1. The summed E-state index contributed by atoms with van der Waals surface area (Å²) in [6.07, 6.45) is -0.253. The molecule has 0 bridgehead atoms. The van der Waals surface area contributed by atoms with Gasteiger partial charge in [0.25, 0.3) is 0 Å². The van der Waals surface area contributed by atoms with Gasteiger partial charge in [-0.3, -0.25) is 0 Å². The highest BCUT2D eigenvalue weighted by Crippen LogP contribution is 2.38. The van der Waals surface area contributed by atoms with Crippen molar-refractivity contribution in [3.8, 4) is 5.75 Å². The van der Waals surface area contributed by atoms with Crippen LogP contribution in [0.15, 0.2) is 48.5 Å². The van der Waals surface area contributed by atoms with Crippen LogP contribution >= 0.6 is 0 Å². The molecule has 0 aromatic heterocycles. The summed E-state index contributed by atoms with van der Waals surface area (Å²) in [6.45, 7) is 0.916. The van der Waals surface area contributed by atoms with Crippen LogP contribution in [0.5, 0.6) is 5.75 Å². The van der Waals surface area contributed by atoms with Crippen LogP contribution < -0.4 is 9.64 Å². The maximum Gasteiger partial charge on any atom is 0.339 e. The zero-order valence-electron chi connectivity index (χ0n) is 12.2. The van der Waals surface area contributed by atoms with Crippen LogP contribution in [0.4, 0.5) is 5.69 Å². The van der Waals surface area contributed by atoms with Gasteiger partial charge < -0.3 is 19.5 Å². The molecule has 3 rings (SSSR count). The molecule has 114 valence electrons. The summed E-state index contributed by atoms with van der Waals surface area (Å²) in [5.74, 6) is -0.591. The molecular weight excluding hydrogens is 282 g/mol. The summed E-state index contributed by atoms with van der Waals surface area (Å²) in [5, 5.41) is 9.31. The molecule has 1 N–H and O–H groups in total. The topological polar surface area (TPSA) is 59.0 Å². The Bertz CT molecular complexity index is 672. The molecule has 5 heteroatoms. The second-order valence-corrected chi connectivity index (χ2v) is 5.07. The van der Waals surface area contributed by atoms with Crippen molar-refractivity contribution >= 4 is 11.7 Å². The average Bonchev–Trinajstić information content (AvgIpc) is 2.55. The fourth-order valence-electron chi connectivity index (χ4n) is 2.63. The Morgan fingerprint density at radius 1 is 1.27 bits per heavy atom. The van der Waals surface area contributed by atoms with E-state index in [1.807, 2.05) is 41.3 Å². The van der Waals surface area contributed by atoms with Crippen molar-refractivity contribution in [1.82, 2.24) is 0 Å². The maximum atomic E-state index is 11.4. The number of anilines is 1. The molecule has 0 fully saturated rings. The molecule has 0 spiro atoms. The van der Waals surface area contributed by atoms with E-state index in [0.29, 0.717) is 18.9 Å². The Morgan fingerprint density at radius 2 is 2.05 bits per heavy atom. The van der Waals surface area contributed by atoms with Gasteiger partial charge in [0.2, 0.25) is 0 Å². The Hall–Kier alpha value is -2.53. The van der Waals surface area contributed by atoms with Gasteiger partial charge in [0.05, 0.1) is 5.69 Å². The minimum atomic E-state index is -0.993. The van der Waals surface area contributed by atoms with Crippen molar-refractivity contribution in [3.63, 3.8) is 0 Å². The number of fused-ring (bicyclic) bond motifs is 1. The van der Waals surface area contributed by atoms with Gasteiger partial charge in [-0.1, -0.05) is 36.4 Å². The Kier molecular flexibility index (Phi) is 3.98. The molecule has 2 aromatic carbocycles. The predicted octanol–water partition coefficient (Wildman–Crippen LogP) is 2.76. The van der Waals surface area contributed by atoms with E-state index in [1.165, 1.54) is 0 Å². The van der Waals surface area contributed by atoms with Gasteiger partial charge in [0, 0.05) is 13.7 Å². The van der Waals surface area contributed by atoms with Gasteiger partial charge in [0.15, 0.2) is 12.0 Å². The van der Waals surface area contributed by atoms with Crippen LogP contribution in [0.2, 0.25) is 0 Å². The van der Waals surface area contributed by atoms with E-state index >= 15 is 0 Å². The standard InChI is InChI=1S/C17H17NO4/c1-21-15-11-22-16-13(17(19)20)8-5-9-14(16)18(15)10-12-6-3-2-4-7-12/h2-9,15H,10-11H2,1H3,(H,19,20). The van der Waals surface area contributed by atoms with E-state index in [2.05, 4.69) is 0 Å². The summed E-state index contributed by atoms with van der Waals surface area (Å²) >= 11 is 0. The van der Waals surface area contributed by atoms with E-state index in [0.717, 1.165) is 11.3 Å². The number of nitrogens with zero attached hydrogens (tertiary/aromatic N) is 1. The second-order valence-electron chi connectivity index (χ2n) is 5.07. The number of rotatable bonds is 4. The zero-order chi connectivity index (χ0) is 15.5. The highest BCUT2D eigenvalue weighted by atomic mass is 16.5. The van der Waals surface area contributed by atoms with Crippen molar-refractivity contribution in [1.29, 1.82) is 0 Å². The SMILES string of the molecule is COC1COc2c(C(=O)O)cccc2N1Cc1ccccc1. The molecule has 22 heavy (non-hydrogen) atoms. The minimum Gasteiger partial charge on any atom is -0.486 e. The smallest absolute Gasteiger partial charge is 0.339 e. The fourth-order valence-corrected chi connectivity index (χ4v) is 2.63. The van der Waals surface area contributed by atoms with E-state index in [1.54, 1.807) is 19.2 Å². The molecule has 5 nitrogen and oxygen atoms in total. The molecule has 2 aromatic rings. The van der Waals surface area contributed by atoms with Gasteiger partial charge in [-0.2, -0.15) is 0 Å². The lowest BCUT2D eigenvalue weighted by atomic mass is 10.1. The van der Waals surface area contributed by atoms with Crippen molar-refractivity contribution in [3.05, 3.63) is 59.7 Å². The van der Waals surface area contributed by atoms with Gasteiger partial charge in [-0.05, 0) is 17.7 Å². The van der Waals surface area contributed by atoms with E-state index in [-0.39, 0.29) is 11.8 Å². The Balaban J connectivity index is 2.01. The zero-order valence-corrected chi connectivity index (χ0v) is 12.2. The first-order valence-corrected chi connectivity index (χ1v) is 7.03. The molecule has 1 aliphatic heterocycles. The monoisotopic (exact) mass is 299 g/mol. The summed E-state index contributed by atoms with van der Waals surface area (Å²) in [5.41, 5.74) is 2.03. The average molecular weight is 299 g/mol.